The molecule has 5 rings (SSSR count). The van der Waals surface area contributed by atoms with Crippen molar-refractivity contribution in [1.29, 1.82) is 0 Å². The normalized spacial score (nSPS) is 18.9. The van der Waals surface area contributed by atoms with E-state index in [1.54, 1.807) is 12.4 Å². The van der Waals surface area contributed by atoms with Gasteiger partial charge in [0.2, 0.25) is 0 Å². The second kappa shape index (κ2) is 7.30. The molecule has 0 bridgehead atoms. The number of aromatic amines is 1. The van der Waals surface area contributed by atoms with Gasteiger partial charge in [0, 0.05) is 23.1 Å². The molecular weight excluding hydrogens is 393 g/mol. The molecule has 3 aromatic heterocycles. The van der Waals surface area contributed by atoms with E-state index in [-0.39, 0.29) is 11.9 Å². The molecule has 0 radical (unpaired) electrons. The van der Waals surface area contributed by atoms with Gasteiger partial charge < -0.3 is 15.3 Å². The number of imidazole rings is 1. The number of H-pyrrole nitrogens is 1. The minimum Gasteiger partial charge on any atom is -0.382 e. The number of aromatic nitrogens is 5. The van der Waals surface area contributed by atoms with E-state index in [4.69, 9.17) is 10.7 Å². The lowest BCUT2D eigenvalue weighted by atomic mass is 9.79. The lowest BCUT2D eigenvalue weighted by molar-refractivity contribution is 0.457. The minimum atomic E-state index is -0.786. The fourth-order valence-electron chi connectivity index (χ4n) is 4.28. The van der Waals surface area contributed by atoms with Crippen LogP contribution in [-0.4, -0.2) is 37.3 Å². The minimum absolute atomic E-state index is 0.158. The topological polar surface area (TPSA) is 97.8 Å². The Balaban J connectivity index is 1.59. The molecule has 1 atom stereocenters. The van der Waals surface area contributed by atoms with E-state index >= 15 is 0 Å². The molecule has 1 aromatic carbocycles. The van der Waals surface area contributed by atoms with Crippen LogP contribution in [0, 0.1) is 0 Å². The summed E-state index contributed by atoms with van der Waals surface area (Å²) >= 11 is 0. The molecule has 0 saturated carbocycles. The molecule has 3 N–H and O–H groups in total. The number of nitrogens with two attached hydrogens (primary N) is 1. The Morgan fingerprint density at radius 1 is 1.26 bits per heavy atom. The van der Waals surface area contributed by atoms with Crippen molar-refractivity contribution in [2.24, 2.45) is 4.99 Å². The number of nitrogen functional groups attached to an aromatic ring is 1. The number of nitrogens with zero attached hydrogens (tertiary/aromatic N) is 5. The largest absolute Gasteiger partial charge is 0.382 e. The van der Waals surface area contributed by atoms with E-state index in [1.807, 2.05) is 29.0 Å². The lowest BCUT2D eigenvalue weighted by Crippen LogP contribution is -2.33. The molecule has 1 unspecified atom stereocenters. The third-order valence-corrected chi connectivity index (χ3v) is 5.97. The van der Waals surface area contributed by atoms with Gasteiger partial charge in [0.05, 0.1) is 24.5 Å². The predicted octanol–water partition coefficient (Wildman–Crippen LogP) is 4.28. The van der Waals surface area contributed by atoms with Crippen molar-refractivity contribution >= 4 is 34.1 Å². The van der Waals surface area contributed by atoms with Crippen LogP contribution in [0.2, 0.25) is 0 Å². The molecule has 0 amide bonds. The van der Waals surface area contributed by atoms with Crippen LogP contribution >= 0.6 is 0 Å². The van der Waals surface area contributed by atoms with Crippen molar-refractivity contribution < 1.29 is 4.39 Å². The average Bonchev–Trinajstić information content (AvgIpc) is 3.37. The number of para-hydroxylation sites is 1. The maximum atomic E-state index is 14.4. The maximum absolute atomic E-state index is 14.4. The summed E-state index contributed by atoms with van der Waals surface area (Å²) in [5, 5.41) is 1.16. The van der Waals surface area contributed by atoms with E-state index in [9.17, 15) is 4.39 Å². The van der Waals surface area contributed by atoms with Crippen molar-refractivity contribution in [1.82, 2.24) is 24.5 Å². The molecule has 158 valence electrons. The summed E-state index contributed by atoms with van der Waals surface area (Å²) in [5.41, 5.74) is 8.93. The number of halogens is 1. The molecule has 8 heteroatoms. The fraction of sp³-hybridized carbons (Fsp3) is 0.304. The zero-order chi connectivity index (χ0) is 21.6. The van der Waals surface area contributed by atoms with Crippen LogP contribution in [0.1, 0.15) is 37.7 Å². The van der Waals surface area contributed by atoms with E-state index in [0.717, 1.165) is 10.9 Å². The summed E-state index contributed by atoms with van der Waals surface area (Å²) in [7, 11) is 0. The quantitative estimate of drug-likeness (QED) is 0.506. The highest BCUT2D eigenvalue weighted by Crippen LogP contribution is 2.35. The van der Waals surface area contributed by atoms with E-state index in [1.165, 1.54) is 11.8 Å². The Bertz CT molecular complexity index is 1330. The SMILES string of the molecule is CC(C)n1cnc2c(N)nc(C3(CCc4c[nH]c5ccccc45)C=C(F)C=NC3)nc21. The number of hydrogen-bond donors (Lipinski definition) is 2. The molecule has 31 heavy (non-hydrogen) atoms. The first-order valence-electron chi connectivity index (χ1n) is 10.4. The van der Waals surface area contributed by atoms with Gasteiger partial charge in [-0.1, -0.05) is 18.2 Å². The van der Waals surface area contributed by atoms with Crippen LogP contribution in [0.3, 0.4) is 0 Å². The summed E-state index contributed by atoms with van der Waals surface area (Å²) in [5.74, 6) is 0.394. The average molecular weight is 417 g/mol. The number of nitrogens with one attached hydrogen (secondary N) is 1. The monoisotopic (exact) mass is 417 g/mol. The van der Waals surface area contributed by atoms with Crippen LogP contribution in [0.25, 0.3) is 22.1 Å². The van der Waals surface area contributed by atoms with Crippen LogP contribution in [0.15, 0.2) is 53.7 Å². The van der Waals surface area contributed by atoms with Gasteiger partial charge >= 0.3 is 0 Å². The van der Waals surface area contributed by atoms with Gasteiger partial charge in [0.25, 0.3) is 0 Å². The first-order valence-corrected chi connectivity index (χ1v) is 10.4. The van der Waals surface area contributed by atoms with Crippen LogP contribution in [0.4, 0.5) is 10.2 Å². The summed E-state index contributed by atoms with van der Waals surface area (Å²) in [6.45, 7) is 4.47. The zero-order valence-corrected chi connectivity index (χ0v) is 17.5. The van der Waals surface area contributed by atoms with Gasteiger partial charge in [0.15, 0.2) is 11.5 Å². The van der Waals surface area contributed by atoms with Crippen LogP contribution < -0.4 is 5.73 Å². The third-order valence-electron chi connectivity index (χ3n) is 5.97. The van der Waals surface area contributed by atoms with E-state index in [0.29, 0.717) is 42.2 Å². The summed E-state index contributed by atoms with van der Waals surface area (Å²) in [4.78, 5) is 21.4. The number of benzene rings is 1. The number of rotatable bonds is 5. The molecule has 0 aliphatic carbocycles. The van der Waals surface area contributed by atoms with E-state index in [2.05, 4.69) is 39.9 Å². The molecule has 1 aliphatic heterocycles. The number of aryl methyl sites for hydroxylation is 1. The highest BCUT2D eigenvalue weighted by Gasteiger charge is 2.36. The molecule has 4 aromatic rings. The second-order valence-electron chi connectivity index (χ2n) is 8.36. The van der Waals surface area contributed by atoms with Crippen molar-refractivity contribution in [3.63, 3.8) is 0 Å². The first-order chi connectivity index (χ1) is 15.0. The number of anilines is 1. The van der Waals surface area contributed by atoms with Crippen LogP contribution in [-0.2, 0) is 11.8 Å². The van der Waals surface area contributed by atoms with Gasteiger partial charge in [-0.3, -0.25) is 4.99 Å². The van der Waals surface area contributed by atoms with Gasteiger partial charge in [-0.2, -0.15) is 0 Å². The Morgan fingerprint density at radius 2 is 2.10 bits per heavy atom. The number of allylic oxidation sites excluding steroid dienone is 1. The van der Waals surface area contributed by atoms with Crippen molar-refractivity contribution in [3.8, 4) is 0 Å². The predicted molar refractivity (Wildman–Crippen MR) is 121 cm³/mol. The fourth-order valence-corrected chi connectivity index (χ4v) is 4.28. The number of fused-ring (bicyclic) bond motifs is 2. The molecule has 0 saturated heterocycles. The standard InChI is InChI=1S/C23H24FN7/c1-14(2)31-13-28-19-20(25)29-22(30-21(19)31)23(9-16(24)11-26-12-23)8-7-15-10-27-18-6-4-3-5-17(15)18/h3-6,9-11,13-14,27H,7-8,12H2,1-2H3,(H2,25,29,30). The first kappa shape index (κ1) is 19.4. The van der Waals surface area contributed by atoms with E-state index < -0.39 is 5.41 Å². The number of dihydropyridines is 1. The Kier molecular flexibility index (Phi) is 4.57. The Morgan fingerprint density at radius 3 is 2.90 bits per heavy atom. The van der Waals surface area contributed by atoms with Crippen molar-refractivity contribution in [2.45, 2.75) is 38.1 Å². The van der Waals surface area contributed by atoms with Gasteiger partial charge in [0.1, 0.15) is 17.2 Å². The molecule has 0 fully saturated rings. The molecule has 1 aliphatic rings. The molecule has 4 heterocycles. The second-order valence-corrected chi connectivity index (χ2v) is 8.36. The number of hydrogen-bond acceptors (Lipinski definition) is 5. The maximum Gasteiger partial charge on any atom is 0.166 e. The molecular formula is C23H24FN7. The van der Waals surface area contributed by atoms with Crippen LogP contribution in [0.5, 0.6) is 0 Å². The Hall–Kier alpha value is -3.55. The highest BCUT2D eigenvalue weighted by atomic mass is 19.1. The zero-order valence-electron chi connectivity index (χ0n) is 17.5. The summed E-state index contributed by atoms with van der Waals surface area (Å²) < 4.78 is 16.4. The molecule has 7 nitrogen and oxygen atoms in total. The summed E-state index contributed by atoms with van der Waals surface area (Å²) in [6, 6.07) is 8.31. The van der Waals surface area contributed by atoms with Gasteiger partial charge in [-0.15, -0.1) is 0 Å². The third kappa shape index (κ3) is 3.28. The van der Waals surface area contributed by atoms with Gasteiger partial charge in [-0.25, -0.2) is 19.3 Å². The smallest absolute Gasteiger partial charge is 0.166 e. The van der Waals surface area contributed by atoms with Gasteiger partial charge in [-0.05, 0) is 44.4 Å². The molecule has 0 spiro atoms. The lowest BCUT2D eigenvalue weighted by Gasteiger charge is -2.29. The summed E-state index contributed by atoms with van der Waals surface area (Å²) in [6.07, 6.45) is 7.89. The Labute approximate surface area is 178 Å². The number of aliphatic imine (C=N–C) groups is 1. The highest BCUT2D eigenvalue weighted by molar-refractivity contribution is 5.84. The van der Waals surface area contributed by atoms with Crippen molar-refractivity contribution in [3.05, 3.63) is 60.1 Å². The van der Waals surface area contributed by atoms with Crippen molar-refractivity contribution in [2.75, 3.05) is 12.3 Å².